The molecule has 164 valence electrons. The van der Waals surface area contributed by atoms with E-state index in [0.717, 1.165) is 0 Å². The molecule has 2 aromatic rings. The summed E-state index contributed by atoms with van der Waals surface area (Å²) >= 11 is 0. The number of carbonyl (C=O) groups excluding carboxylic acids is 1. The smallest absolute Gasteiger partial charge is 0.250 e. The molecule has 2 N–H and O–H groups in total. The van der Waals surface area contributed by atoms with Gasteiger partial charge in [0.15, 0.2) is 0 Å². The standard InChI is InChI=1S/C12H16N2O2.C11H18N2O/c1-12(2,3)10(13-9-15)8-14-7-5-4-6-11(14)16;1-11(2,3)9(12)8-13-7-5-4-6-10(13)14/h4-7,10H,8H2,1-3H3;4-7,9H,8,12H2,1-3H3/t10-;9-/m11/s1. The maximum absolute atomic E-state index is 11.5. The summed E-state index contributed by atoms with van der Waals surface area (Å²) in [6.07, 6.45) is 5.04. The van der Waals surface area contributed by atoms with Gasteiger partial charge in [0.1, 0.15) is 0 Å². The Balaban J connectivity index is 0.000000303. The van der Waals surface area contributed by atoms with Crippen LogP contribution in [-0.2, 0) is 17.9 Å². The van der Waals surface area contributed by atoms with E-state index >= 15 is 0 Å². The molecule has 2 rings (SSSR count). The van der Waals surface area contributed by atoms with Gasteiger partial charge in [0, 0.05) is 43.7 Å². The number of aliphatic imine (C=N–C) groups is 1. The van der Waals surface area contributed by atoms with Crippen molar-refractivity contribution in [1.82, 2.24) is 9.13 Å². The van der Waals surface area contributed by atoms with E-state index in [-0.39, 0.29) is 34.0 Å². The van der Waals surface area contributed by atoms with Gasteiger partial charge in [-0.2, -0.15) is 0 Å². The van der Waals surface area contributed by atoms with Gasteiger partial charge >= 0.3 is 0 Å². The van der Waals surface area contributed by atoms with E-state index in [1.165, 1.54) is 6.07 Å². The van der Waals surface area contributed by atoms with Crippen molar-refractivity contribution in [2.24, 2.45) is 21.6 Å². The van der Waals surface area contributed by atoms with E-state index in [9.17, 15) is 14.4 Å². The molecule has 0 radical (unpaired) electrons. The monoisotopic (exact) mass is 414 g/mol. The SMILES string of the molecule is CC(C)(C)[C@@H](Cn1ccccc1=O)N=C=O.CC(C)(C)[C@H](N)Cn1ccccc1=O. The van der Waals surface area contributed by atoms with Crippen molar-refractivity contribution in [3.8, 4) is 0 Å². The summed E-state index contributed by atoms with van der Waals surface area (Å²) < 4.78 is 3.20. The van der Waals surface area contributed by atoms with Crippen molar-refractivity contribution < 1.29 is 4.79 Å². The van der Waals surface area contributed by atoms with Gasteiger partial charge in [0.25, 0.3) is 11.1 Å². The molecule has 7 nitrogen and oxygen atoms in total. The van der Waals surface area contributed by atoms with Gasteiger partial charge in [-0.1, -0.05) is 53.7 Å². The highest BCUT2D eigenvalue weighted by molar-refractivity contribution is 5.33. The van der Waals surface area contributed by atoms with Crippen molar-refractivity contribution in [3.63, 3.8) is 0 Å². The number of nitrogens with zero attached hydrogens (tertiary/aromatic N) is 3. The molecule has 0 fully saturated rings. The highest BCUT2D eigenvalue weighted by Gasteiger charge is 2.24. The fourth-order valence-corrected chi connectivity index (χ4v) is 2.47. The number of pyridine rings is 2. The summed E-state index contributed by atoms with van der Waals surface area (Å²) in [5, 5.41) is 0. The summed E-state index contributed by atoms with van der Waals surface area (Å²) in [7, 11) is 0. The van der Waals surface area contributed by atoms with Crippen LogP contribution in [0.15, 0.2) is 63.4 Å². The predicted molar refractivity (Wildman–Crippen MR) is 120 cm³/mol. The Bertz CT molecular complexity index is 957. The second kappa shape index (κ2) is 10.9. The molecule has 0 aliphatic rings. The summed E-state index contributed by atoms with van der Waals surface area (Å²) in [4.78, 5) is 37.0. The molecule has 0 aromatic carbocycles. The number of nitrogens with two attached hydrogens (primary N) is 1. The van der Waals surface area contributed by atoms with E-state index in [2.05, 4.69) is 25.8 Å². The molecule has 2 atom stereocenters. The molecule has 0 aliphatic carbocycles. The normalized spacial score (nSPS) is 13.4. The fraction of sp³-hybridized carbons (Fsp3) is 0.522. The van der Waals surface area contributed by atoms with Crippen molar-refractivity contribution in [2.45, 2.75) is 66.7 Å². The molecule has 7 heteroatoms. The van der Waals surface area contributed by atoms with Crippen LogP contribution in [0.1, 0.15) is 41.5 Å². The topological polar surface area (TPSA) is 99.4 Å². The Kier molecular flexibility index (Phi) is 9.15. The molecule has 0 saturated heterocycles. The van der Waals surface area contributed by atoms with E-state index in [1.807, 2.05) is 26.8 Å². The van der Waals surface area contributed by atoms with Gasteiger partial charge in [-0.05, 0) is 23.0 Å². The molecule has 0 bridgehead atoms. The highest BCUT2D eigenvalue weighted by Crippen LogP contribution is 2.23. The van der Waals surface area contributed by atoms with Gasteiger partial charge in [0.2, 0.25) is 6.08 Å². The molecule has 0 aliphatic heterocycles. The highest BCUT2D eigenvalue weighted by atomic mass is 16.1. The molecular weight excluding hydrogens is 380 g/mol. The Labute approximate surface area is 178 Å². The third kappa shape index (κ3) is 8.31. The van der Waals surface area contributed by atoms with Crippen LogP contribution in [0.2, 0.25) is 0 Å². The lowest BCUT2D eigenvalue weighted by molar-refractivity contribution is 0.289. The molecule has 0 unspecified atom stereocenters. The third-order valence-corrected chi connectivity index (χ3v) is 4.88. The molecule has 0 saturated carbocycles. The molecule has 2 heterocycles. The zero-order chi connectivity index (χ0) is 22.9. The average molecular weight is 415 g/mol. The van der Waals surface area contributed by atoms with Gasteiger partial charge in [0.05, 0.1) is 6.04 Å². The maximum Gasteiger partial charge on any atom is 0.250 e. The number of hydrogen-bond acceptors (Lipinski definition) is 5. The van der Waals surface area contributed by atoms with Gasteiger partial charge in [-0.25, -0.2) is 9.79 Å². The Morgan fingerprint density at radius 1 is 0.867 bits per heavy atom. The lowest BCUT2D eigenvalue weighted by Crippen LogP contribution is -2.41. The second-order valence-electron chi connectivity index (χ2n) is 9.46. The lowest BCUT2D eigenvalue weighted by Gasteiger charge is -2.27. The summed E-state index contributed by atoms with van der Waals surface area (Å²) in [6.45, 7) is 13.1. The van der Waals surface area contributed by atoms with Crippen molar-refractivity contribution in [3.05, 3.63) is 69.5 Å². The first-order valence-corrected chi connectivity index (χ1v) is 9.99. The van der Waals surface area contributed by atoms with Crippen LogP contribution in [0, 0.1) is 10.8 Å². The number of aromatic nitrogens is 2. The third-order valence-electron chi connectivity index (χ3n) is 4.88. The van der Waals surface area contributed by atoms with Crippen LogP contribution < -0.4 is 16.9 Å². The van der Waals surface area contributed by atoms with Crippen molar-refractivity contribution in [2.75, 3.05) is 0 Å². The van der Waals surface area contributed by atoms with Gasteiger partial charge < -0.3 is 14.9 Å². The molecule has 0 amide bonds. The van der Waals surface area contributed by atoms with E-state index in [1.54, 1.807) is 51.9 Å². The van der Waals surface area contributed by atoms with Crippen LogP contribution in [-0.4, -0.2) is 27.3 Å². The van der Waals surface area contributed by atoms with Crippen molar-refractivity contribution in [1.29, 1.82) is 0 Å². The molecule has 2 aromatic heterocycles. The zero-order valence-corrected chi connectivity index (χ0v) is 18.8. The average Bonchev–Trinajstić information content (AvgIpc) is 2.64. The maximum atomic E-state index is 11.5. The number of hydrogen-bond donors (Lipinski definition) is 1. The summed E-state index contributed by atoms with van der Waals surface area (Å²) in [5.74, 6) is 0. The van der Waals surface area contributed by atoms with Crippen LogP contribution in [0.25, 0.3) is 0 Å². The quantitative estimate of drug-likeness (QED) is 0.601. The first-order chi connectivity index (χ1) is 13.9. The Hall–Kier alpha value is -2.76. The molecule has 30 heavy (non-hydrogen) atoms. The van der Waals surface area contributed by atoms with E-state index in [0.29, 0.717) is 13.1 Å². The summed E-state index contributed by atoms with van der Waals surface area (Å²) in [6, 6.07) is 9.84. The minimum absolute atomic E-state index is 0.00667. The Morgan fingerprint density at radius 2 is 1.33 bits per heavy atom. The van der Waals surface area contributed by atoms with Crippen molar-refractivity contribution >= 4 is 6.08 Å². The van der Waals surface area contributed by atoms with Gasteiger partial charge in [-0.3, -0.25) is 9.59 Å². The second-order valence-corrected chi connectivity index (χ2v) is 9.46. The van der Waals surface area contributed by atoms with Crippen LogP contribution in [0.4, 0.5) is 0 Å². The predicted octanol–water partition coefficient (Wildman–Crippen LogP) is 2.82. The Morgan fingerprint density at radius 3 is 1.70 bits per heavy atom. The minimum Gasteiger partial charge on any atom is -0.326 e. The van der Waals surface area contributed by atoms with Crippen LogP contribution >= 0.6 is 0 Å². The molecule has 0 spiro atoms. The van der Waals surface area contributed by atoms with E-state index in [4.69, 9.17) is 5.73 Å². The van der Waals surface area contributed by atoms with Gasteiger partial charge in [-0.15, -0.1) is 0 Å². The van der Waals surface area contributed by atoms with E-state index < -0.39 is 0 Å². The lowest BCUT2D eigenvalue weighted by atomic mass is 9.87. The summed E-state index contributed by atoms with van der Waals surface area (Å²) in [5.41, 5.74) is 5.76. The van der Waals surface area contributed by atoms with Crippen LogP contribution in [0.3, 0.4) is 0 Å². The largest absolute Gasteiger partial charge is 0.326 e. The minimum atomic E-state index is -0.245. The fourth-order valence-electron chi connectivity index (χ4n) is 2.47. The molecular formula is C23H34N4O3. The first-order valence-electron chi connectivity index (χ1n) is 9.99. The number of rotatable bonds is 5. The first kappa shape index (κ1) is 25.3. The zero-order valence-electron chi connectivity index (χ0n) is 18.8. The number of isocyanates is 1. The van der Waals surface area contributed by atoms with Crippen LogP contribution in [0.5, 0.6) is 0 Å².